The third kappa shape index (κ3) is 4.17. The normalized spacial score (nSPS) is 15.5. The molecule has 1 saturated heterocycles. The number of aromatic amines is 1. The summed E-state index contributed by atoms with van der Waals surface area (Å²) >= 11 is 2.06. The minimum atomic E-state index is -0.0810. The van der Waals surface area contributed by atoms with Gasteiger partial charge in [0.15, 0.2) is 0 Å². The summed E-state index contributed by atoms with van der Waals surface area (Å²) in [7, 11) is 0. The number of hydrogen-bond donors (Lipinski definition) is 2. The molecule has 4 rings (SSSR count). The number of nitrogens with zero attached hydrogens (tertiary/aromatic N) is 4. The standard InChI is InChI=1S/C20H28N6OS/c1-2-26-18-13-16-15(12-17(18)24-20(26)27)19(23-14-22-16)21-6-4-3-5-7-25-8-10-28-11-9-25/h12-14H,2-11H2,1H3,(H,24,27)(H,21,22,23). The van der Waals surface area contributed by atoms with Gasteiger partial charge >= 0.3 is 5.69 Å². The molecule has 3 heterocycles. The number of hydrogen-bond acceptors (Lipinski definition) is 6. The van der Waals surface area contributed by atoms with E-state index in [4.69, 9.17) is 0 Å². The van der Waals surface area contributed by atoms with Crippen molar-refractivity contribution in [1.82, 2.24) is 24.4 Å². The topological polar surface area (TPSA) is 78.8 Å². The van der Waals surface area contributed by atoms with Crippen LogP contribution in [0.5, 0.6) is 0 Å². The van der Waals surface area contributed by atoms with Gasteiger partial charge in [0, 0.05) is 43.1 Å². The molecule has 2 N–H and O–H groups in total. The molecule has 7 nitrogen and oxygen atoms in total. The van der Waals surface area contributed by atoms with Crippen LogP contribution in [0.3, 0.4) is 0 Å². The summed E-state index contributed by atoms with van der Waals surface area (Å²) in [5.41, 5.74) is 2.49. The number of thioether (sulfide) groups is 1. The first-order chi connectivity index (χ1) is 13.8. The third-order valence-corrected chi connectivity index (χ3v) is 6.34. The number of rotatable bonds is 8. The van der Waals surface area contributed by atoms with Gasteiger partial charge in [-0.2, -0.15) is 11.8 Å². The van der Waals surface area contributed by atoms with Crippen LogP contribution in [0, 0.1) is 0 Å². The number of anilines is 1. The van der Waals surface area contributed by atoms with Crippen molar-refractivity contribution >= 4 is 39.5 Å². The first kappa shape index (κ1) is 19.3. The monoisotopic (exact) mass is 400 g/mol. The highest BCUT2D eigenvalue weighted by atomic mass is 32.2. The molecular weight excluding hydrogens is 372 g/mol. The van der Waals surface area contributed by atoms with Gasteiger partial charge in [0.25, 0.3) is 0 Å². The summed E-state index contributed by atoms with van der Waals surface area (Å²) in [6.07, 6.45) is 5.19. The van der Waals surface area contributed by atoms with E-state index in [1.54, 1.807) is 10.9 Å². The van der Waals surface area contributed by atoms with Crippen LogP contribution in [0.4, 0.5) is 5.82 Å². The molecule has 1 fully saturated rings. The third-order valence-electron chi connectivity index (χ3n) is 5.39. The van der Waals surface area contributed by atoms with Crippen molar-refractivity contribution in [3.63, 3.8) is 0 Å². The Morgan fingerprint density at radius 2 is 2.04 bits per heavy atom. The lowest BCUT2D eigenvalue weighted by molar-refractivity contribution is 0.295. The molecule has 3 aromatic rings. The molecule has 0 bridgehead atoms. The molecule has 8 heteroatoms. The van der Waals surface area contributed by atoms with Gasteiger partial charge in [0.1, 0.15) is 12.1 Å². The summed E-state index contributed by atoms with van der Waals surface area (Å²) in [5, 5.41) is 4.41. The van der Waals surface area contributed by atoms with E-state index >= 15 is 0 Å². The first-order valence-corrected chi connectivity index (χ1v) is 11.3. The van der Waals surface area contributed by atoms with Crippen LogP contribution in [0.25, 0.3) is 21.9 Å². The van der Waals surface area contributed by atoms with Gasteiger partial charge < -0.3 is 15.2 Å². The lowest BCUT2D eigenvalue weighted by atomic mass is 10.2. The quantitative estimate of drug-likeness (QED) is 0.566. The summed E-state index contributed by atoms with van der Waals surface area (Å²) in [4.78, 5) is 26.4. The Kier molecular flexibility index (Phi) is 6.17. The molecule has 1 aliphatic heterocycles. The van der Waals surface area contributed by atoms with Gasteiger partial charge in [-0.1, -0.05) is 6.42 Å². The van der Waals surface area contributed by atoms with Crippen molar-refractivity contribution in [1.29, 1.82) is 0 Å². The maximum absolute atomic E-state index is 12.1. The fraction of sp³-hybridized carbons (Fsp3) is 0.550. The van der Waals surface area contributed by atoms with Crippen molar-refractivity contribution in [2.24, 2.45) is 0 Å². The van der Waals surface area contributed by atoms with Gasteiger partial charge in [-0.3, -0.25) is 4.57 Å². The number of H-pyrrole nitrogens is 1. The van der Waals surface area contributed by atoms with Crippen molar-refractivity contribution < 1.29 is 0 Å². The summed E-state index contributed by atoms with van der Waals surface area (Å²) in [6, 6.07) is 3.95. The number of aryl methyl sites for hydroxylation is 1. The van der Waals surface area contributed by atoms with Crippen LogP contribution in [-0.4, -0.2) is 62.1 Å². The van der Waals surface area contributed by atoms with Crippen molar-refractivity contribution in [2.75, 3.05) is 43.0 Å². The molecule has 1 aliphatic rings. The average molecular weight is 401 g/mol. The van der Waals surface area contributed by atoms with E-state index in [9.17, 15) is 4.79 Å². The number of unbranched alkanes of at least 4 members (excludes halogenated alkanes) is 2. The molecule has 0 saturated carbocycles. The van der Waals surface area contributed by atoms with Gasteiger partial charge in [0.05, 0.1) is 16.6 Å². The largest absolute Gasteiger partial charge is 0.369 e. The molecular formula is C20H28N6OS. The molecule has 28 heavy (non-hydrogen) atoms. The number of benzene rings is 1. The highest BCUT2D eigenvalue weighted by molar-refractivity contribution is 7.99. The number of nitrogens with one attached hydrogen (secondary N) is 2. The van der Waals surface area contributed by atoms with E-state index in [0.717, 1.165) is 40.7 Å². The second-order valence-corrected chi connectivity index (χ2v) is 8.45. The van der Waals surface area contributed by atoms with Gasteiger partial charge in [0.2, 0.25) is 0 Å². The second kappa shape index (κ2) is 8.96. The molecule has 0 aliphatic carbocycles. The fourth-order valence-corrected chi connectivity index (χ4v) is 4.81. The van der Waals surface area contributed by atoms with E-state index in [2.05, 4.69) is 36.9 Å². The summed E-state index contributed by atoms with van der Waals surface area (Å²) < 4.78 is 1.73. The predicted molar refractivity (Wildman–Crippen MR) is 117 cm³/mol. The summed E-state index contributed by atoms with van der Waals surface area (Å²) in [6.45, 7) is 7.20. The number of imidazole rings is 1. The summed E-state index contributed by atoms with van der Waals surface area (Å²) in [5.74, 6) is 3.40. The number of fused-ring (bicyclic) bond motifs is 2. The minimum absolute atomic E-state index is 0.0810. The zero-order chi connectivity index (χ0) is 19.3. The number of aromatic nitrogens is 4. The Bertz CT molecular complexity index is 991. The average Bonchev–Trinajstić information content (AvgIpc) is 3.03. The zero-order valence-corrected chi connectivity index (χ0v) is 17.2. The molecule has 0 radical (unpaired) electrons. The van der Waals surface area contributed by atoms with Gasteiger partial charge in [-0.25, -0.2) is 14.8 Å². The van der Waals surface area contributed by atoms with E-state index < -0.39 is 0 Å². The van der Waals surface area contributed by atoms with E-state index in [1.807, 2.05) is 19.1 Å². The Morgan fingerprint density at radius 1 is 1.18 bits per heavy atom. The maximum atomic E-state index is 12.1. The molecule has 0 atom stereocenters. The van der Waals surface area contributed by atoms with Crippen LogP contribution in [-0.2, 0) is 6.54 Å². The second-order valence-electron chi connectivity index (χ2n) is 7.22. The van der Waals surface area contributed by atoms with Crippen LogP contribution >= 0.6 is 11.8 Å². The van der Waals surface area contributed by atoms with E-state index in [1.165, 1.54) is 44.0 Å². The van der Waals surface area contributed by atoms with Crippen LogP contribution < -0.4 is 11.0 Å². The molecule has 1 aromatic carbocycles. The van der Waals surface area contributed by atoms with Gasteiger partial charge in [-0.15, -0.1) is 0 Å². The highest BCUT2D eigenvalue weighted by Crippen LogP contribution is 2.24. The fourth-order valence-electron chi connectivity index (χ4n) is 3.83. The smallest absolute Gasteiger partial charge is 0.326 e. The Balaban J connectivity index is 1.37. The van der Waals surface area contributed by atoms with Crippen molar-refractivity contribution in [3.8, 4) is 0 Å². The molecule has 0 amide bonds. The molecule has 2 aromatic heterocycles. The van der Waals surface area contributed by atoms with Crippen molar-refractivity contribution in [3.05, 3.63) is 28.9 Å². The zero-order valence-electron chi connectivity index (χ0n) is 16.4. The van der Waals surface area contributed by atoms with Crippen LogP contribution in [0.15, 0.2) is 23.3 Å². The molecule has 0 unspecified atom stereocenters. The van der Waals surface area contributed by atoms with Crippen LogP contribution in [0.1, 0.15) is 26.2 Å². The predicted octanol–water partition coefficient (Wildman–Crippen LogP) is 2.92. The minimum Gasteiger partial charge on any atom is -0.369 e. The van der Waals surface area contributed by atoms with E-state index in [-0.39, 0.29) is 5.69 Å². The van der Waals surface area contributed by atoms with Crippen molar-refractivity contribution in [2.45, 2.75) is 32.7 Å². The Morgan fingerprint density at radius 3 is 2.86 bits per heavy atom. The Hall–Kier alpha value is -2.06. The lowest BCUT2D eigenvalue weighted by Gasteiger charge is -2.25. The molecule has 150 valence electrons. The maximum Gasteiger partial charge on any atom is 0.326 e. The first-order valence-electron chi connectivity index (χ1n) is 10.2. The van der Waals surface area contributed by atoms with Crippen LogP contribution in [0.2, 0.25) is 0 Å². The van der Waals surface area contributed by atoms with E-state index in [0.29, 0.717) is 6.54 Å². The highest BCUT2D eigenvalue weighted by Gasteiger charge is 2.11. The SMILES string of the molecule is CCn1c(=O)[nH]c2cc3c(NCCCCCN4CCSCC4)ncnc3cc21. The Labute approximate surface area is 168 Å². The molecule has 0 spiro atoms. The lowest BCUT2D eigenvalue weighted by Crippen LogP contribution is -2.33. The van der Waals surface area contributed by atoms with Gasteiger partial charge in [-0.05, 0) is 38.4 Å².